The number of para-hydroxylation sites is 2. The Hall–Kier alpha value is -3.41. The minimum Gasteiger partial charge on any atom is -0.476 e. The summed E-state index contributed by atoms with van der Waals surface area (Å²) in [7, 11) is 0. The van der Waals surface area contributed by atoms with Crippen molar-refractivity contribution in [1.82, 2.24) is 10.1 Å². The molecule has 0 saturated heterocycles. The maximum absolute atomic E-state index is 11.0. The molecule has 112 valence electrons. The molecule has 0 atom stereocenters. The predicted molar refractivity (Wildman–Crippen MR) is 81.9 cm³/mol. The van der Waals surface area contributed by atoms with Gasteiger partial charge in [0.2, 0.25) is 5.89 Å². The molecule has 0 unspecified atom stereocenters. The molecule has 6 heteroatoms. The minimum atomic E-state index is -1.14. The standard InChI is InChI=1S/C17H10N2O4/c20-17(21)13-9-15(23-19-13)10-5-1-2-6-11(10)16-18-12-7-3-4-8-14(12)22-16/h1-9H,(H,20,21). The zero-order valence-corrected chi connectivity index (χ0v) is 11.8. The van der Waals surface area contributed by atoms with Crippen molar-refractivity contribution in [2.45, 2.75) is 0 Å². The first-order valence-electron chi connectivity index (χ1n) is 6.88. The lowest BCUT2D eigenvalue weighted by Crippen LogP contribution is -1.94. The number of hydrogen-bond donors (Lipinski definition) is 1. The second-order valence-electron chi connectivity index (χ2n) is 4.91. The molecule has 2 heterocycles. The number of benzene rings is 2. The monoisotopic (exact) mass is 306 g/mol. The summed E-state index contributed by atoms with van der Waals surface area (Å²) in [4.78, 5) is 15.4. The van der Waals surface area contributed by atoms with Crippen molar-refractivity contribution >= 4 is 17.1 Å². The predicted octanol–water partition coefficient (Wildman–Crippen LogP) is 3.85. The third-order valence-electron chi connectivity index (χ3n) is 3.45. The number of fused-ring (bicyclic) bond motifs is 1. The van der Waals surface area contributed by atoms with Crippen LogP contribution in [0.15, 0.2) is 63.5 Å². The summed E-state index contributed by atoms with van der Waals surface area (Å²) < 4.78 is 10.9. The quantitative estimate of drug-likeness (QED) is 0.618. The van der Waals surface area contributed by atoms with E-state index in [1.165, 1.54) is 6.07 Å². The second kappa shape index (κ2) is 5.10. The maximum atomic E-state index is 11.0. The van der Waals surface area contributed by atoms with E-state index in [2.05, 4.69) is 10.1 Å². The minimum absolute atomic E-state index is 0.146. The molecule has 0 amide bonds. The van der Waals surface area contributed by atoms with Crippen molar-refractivity contribution in [2.75, 3.05) is 0 Å². The highest BCUT2D eigenvalue weighted by Crippen LogP contribution is 2.33. The van der Waals surface area contributed by atoms with Crippen molar-refractivity contribution in [3.05, 3.63) is 60.3 Å². The molecule has 0 bridgehead atoms. The van der Waals surface area contributed by atoms with Gasteiger partial charge in [-0.15, -0.1) is 0 Å². The number of aromatic carboxylic acids is 1. The van der Waals surface area contributed by atoms with Gasteiger partial charge in [0.05, 0.1) is 0 Å². The van der Waals surface area contributed by atoms with Gasteiger partial charge in [-0.05, 0) is 18.2 Å². The molecule has 0 saturated carbocycles. The molecule has 0 spiro atoms. The van der Waals surface area contributed by atoms with Crippen LogP contribution in [-0.2, 0) is 0 Å². The number of nitrogens with zero attached hydrogens (tertiary/aromatic N) is 2. The molecular weight excluding hydrogens is 296 g/mol. The topological polar surface area (TPSA) is 89.4 Å². The third kappa shape index (κ3) is 2.26. The highest BCUT2D eigenvalue weighted by molar-refractivity contribution is 5.88. The van der Waals surface area contributed by atoms with E-state index in [9.17, 15) is 4.79 Å². The molecule has 0 radical (unpaired) electrons. The first-order valence-corrected chi connectivity index (χ1v) is 6.88. The number of aromatic nitrogens is 2. The fraction of sp³-hybridized carbons (Fsp3) is 0. The highest BCUT2D eigenvalue weighted by atomic mass is 16.5. The summed E-state index contributed by atoms with van der Waals surface area (Å²) in [6.07, 6.45) is 0. The number of rotatable bonds is 3. The first kappa shape index (κ1) is 13.3. The Morgan fingerprint density at radius 2 is 1.74 bits per heavy atom. The van der Waals surface area contributed by atoms with E-state index in [1.54, 1.807) is 6.07 Å². The lowest BCUT2D eigenvalue weighted by molar-refractivity contribution is 0.0686. The molecule has 6 nitrogen and oxygen atoms in total. The Balaban J connectivity index is 1.87. The molecule has 2 aromatic carbocycles. The molecular formula is C17H10N2O4. The molecule has 1 N–H and O–H groups in total. The van der Waals surface area contributed by atoms with E-state index >= 15 is 0 Å². The molecule has 23 heavy (non-hydrogen) atoms. The van der Waals surface area contributed by atoms with Gasteiger partial charge in [-0.3, -0.25) is 0 Å². The molecule has 0 aliphatic carbocycles. The largest absolute Gasteiger partial charge is 0.476 e. The summed E-state index contributed by atoms with van der Waals surface area (Å²) in [6.45, 7) is 0. The van der Waals surface area contributed by atoms with Gasteiger partial charge in [-0.1, -0.05) is 35.5 Å². The van der Waals surface area contributed by atoms with Crippen LogP contribution in [0.3, 0.4) is 0 Å². The van der Waals surface area contributed by atoms with Crippen molar-refractivity contribution < 1.29 is 18.8 Å². The van der Waals surface area contributed by atoms with E-state index in [0.717, 1.165) is 5.52 Å². The van der Waals surface area contributed by atoms with Gasteiger partial charge in [0.15, 0.2) is 17.0 Å². The average Bonchev–Trinajstić information content (AvgIpc) is 3.22. The lowest BCUT2D eigenvalue weighted by atomic mass is 10.1. The molecule has 4 aromatic rings. The maximum Gasteiger partial charge on any atom is 0.358 e. The van der Waals surface area contributed by atoms with Gasteiger partial charge in [-0.25, -0.2) is 9.78 Å². The fourth-order valence-electron chi connectivity index (χ4n) is 2.37. The van der Waals surface area contributed by atoms with Crippen LogP contribution in [0.2, 0.25) is 0 Å². The molecule has 2 aromatic heterocycles. The van der Waals surface area contributed by atoms with Crippen LogP contribution in [0.1, 0.15) is 10.5 Å². The summed E-state index contributed by atoms with van der Waals surface area (Å²) in [6, 6.07) is 16.2. The van der Waals surface area contributed by atoms with Crippen LogP contribution in [0.4, 0.5) is 0 Å². The second-order valence-corrected chi connectivity index (χ2v) is 4.91. The fourth-order valence-corrected chi connectivity index (χ4v) is 2.37. The summed E-state index contributed by atoms with van der Waals surface area (Å²) in [5, 5.41) is 12.5. The number of oxazole rings is 1. The van der Waals surface area contributed by atoms with Crippen molar-refractivity contribution in [1.29, 1.82) is 0 Å². The van der Waals surface area contributed by atoms with Crippen LogP contribution in [-0.4, -0.2) is 21.2 Å². The first-order chi connectivity index (χ1) is 11.2. The number of carboxylic acid groups (broad SMARTS) is 1. The Kier molecular flexibility index (Phi) is 2.94. The van der Waals surface area contributed by atoms with Gasteiger partial charge >= 0.3 is 5.97 Å². The van der Waals surface area contributed by atoms with Gasteiger partial charge in [0, 0.05) is 17.2 Å². The van der Waals surface area contributed by atoms with Gasteiger partial charge in [-0.2, -0.15) is 0 Å². The summed E-state index contributed by atoms with van der Waals surface area (Å²) in [5.41, 5.74) is 2.66. The van der Waals surface area contributed by atoms with Crippen molar-refractivity contribution in [2.24, 2.45) is 0 Å². The van der Waals surface area contributed by atoms with E-state index in [4.69, 9.17) is 14.0 Å². The van der Waals surface area contributed by atoms with Gasteiger partial charge < -0.3 is 14.0 Å². The van der Waals surface area contributed by atoms with E-state index < -0.39 is 5.97 Å². The Morgan fingerprint density at radius 3 is 2.48 bits per heavy atom. The summed E-state index contributed by atoms with van der Waals surface area (Å²) >= 11 is 0. The van der Waals surface area contributed by atoms with E-state index in [0.29, 0.717) is 28.4 Å². The third-order valence-corrected chi connectivity index (χ3v) is 3.45. The average molecular weight is 306 g/mol. The van der Waals surface area contributed by atoms with Crippen molar-refractivity contribution in [3.8, 4) is 22.8 Å². The van der Waals surface area contributed by atoms with Gasteiger partial charge in [0.25, 0.3) is 0 Å². The van der Waals surface area contributed by atoms with Crippen LogP contribution < -0.4 is 0 Å². The van der Waals surface area contributed by atoms with Crippen molar-refractivity contribution in [3.63, 3.8) is 0 Å². The molecule has 4 rings (SSSR count). The van der Waals surface area contributed by atoms with E-state index in [-0.39, 0.29) is 5.69 Å². The Bertz CT molecular complexity index is 983. The number of hydrogen-bond acceptors (Lipinski definition) is 5. The Labute approximate surface area is 130 Å². The molecule has 0 aliphatic rings. The smallest absolute Gasteiger partial charge is 0.358 e. The van der Waals surface area contributed by atoms with Crippen LogP contribution in [0, 0.1) is 0 Å². The van der Waals surface area contributed by atoms with E-state index in [1.807, 2.05) is 42.5 Å². The molecule has 0 fully saturated rings. The zero-order chi connectivity index (χ0) is 15.8. The normalized spacial score (nSPS) is 11.0. The highest BCUT2D eigenvalue weighted by Gasteiger charge is 2.18. The van der Waals surface area contributed by atoms with Gasteiger partial charge in [0.1, 0.15) is 5.52 Å². The Morgan fingerprint density at radius 1 is 1.00 bits per heavy atom. The number of carbonyl (C=O) groups is 1. The molecule has 0 aliphatic heterocycles. The number of carboxylic acids is 1. The van der Waals surface area contributed by atoms with Crippen LogP contribution in [0.5, 0.6) is 0 Å². The SMILES string of the molecule is O=C(O)c1cc(-c2ccccc2-c2nc3ccccc3o2)on1. The van der Waals surface area contributed by atoms with Crippen LogP contribution in [0.25, 0.3) is 33.9 Å². The lowest BCUT2D eigenvalue weighted by Gasteiger charge is -2.01. The summed E-state index contributed by atoms with van der Waals surface area (Å²) in [5.74, 6) is -0.352. The van der Waals surface area contributed by atoms with Crippen LogP contribution >= 0.6 is 0 Å². The zero-order valence-electron chi connectivity index (χ0n) is 11.8.